The molecule has 0 amide bonds. The first kappa shape index (κ1) is 13.4. The number of aryl methyl sites for hydroxylation is 1. The van der Waals surface area contributed by atoms with Crippen molar-refractivity contribution >= 4 is 23.3 Å². The van der Waals surface area contributed by atoms with Gasteiger partial charge < -0.3 is 10.4 Å². The number of nitrogens with zero attached hydrogens (tertiary/aromatic N) is 3. The fourth-order valence-electron chi connectivity index (χ4n) is 1.66. The molecule has 100 valence electrons. The van der Waals surface area contributed by atoms with Crippen LogP contribution in [-0.2, 0) is 6.54 Å². The highest BCUT2D eigenvalue weighted by Crippen LogP contribution is 2.24. The summed E-state index contributed by atoms with van der Waals surface area (Å²) >= 11 is 6.08. The molecule has 0 saturated carbocycles. The van der Waals surface area contributed by atoms with Crippen LogP contribution in [0.15, 0.2) is 24.4 Å². The minimum atomic E-state index is -1.08. The van der Waals surface area contributed by atoms with Crippen molar-refractivity contribution < 1.29 is 9.90 Å². The highest BCUT2D eigenvalue weighted by Gasteiger charge is 2.08. The number of aromatic nitrogens is 3. The quantitative estimate of drug-likeness (QED) is 0.876. The van der Waals surface area contributed by atoms with Crippen molar-refractivity contribution in [1.29, 1.82) is 0 Å². The van der Waals surface area contributed by atoms with Gasteiger partial charge in [-0.25, -0.2) is 9.48 Å². The van der Waals surface area contributed by atoms with Crippen molar-refractivity contribution in [2.75, 3.05) is 11.9 Å². The Kier molecular flexibility index (Phi) is 4.01. The van der Waals surface area contributed by atoms with Crippen LogP contribution in [-0.4, -0.2) is 32.6 Å². The molecule has 1 aromatic heterocycles. The summed E-state index contributed by atoms with van der Waals surface area (Å²) < 4.78 is 1.47. The molecule has 7 heteroatoms. The van der Waals surface area contributed by atoms with Gasteiger partial charge in [-0.1, -0.05) is 28.9 Å². The maximum Gasteiger partial charge on any atom is 0.358 e. The summed E-state index contributed by atoms with van der Waals surface area (Å²) in [5.74, 6) is -1.08. The first-order valence-electron chi connectivity index (χ1n) is 5.70. The van der Waals surface area contributed by atoms with Crippen LogP contribution in [0.2, 0.25) is 5.02 Å². The number of benzene rings is 1. The second-order valence-corrected chi connectivity index (χ2v) is 4.44. The van der Waals surface area contributed by atoms with Crippen LogP contribution in [0.3, 0.4) is 0 Å². The van der Waals surface area contributed by atoms with Crippen LogP contribution in [0.5, 0.6) is 0 Å². The second kappa shape index (κ2) is 5.71. The van der Waals surface area contributed by atoms with Crippen LogP contribution < -0.4 is 5.32 Å². The molecule has 0 atom stereocenters. The van der Waals surface area contributed by atoms with Crippen LogP contribution in [0.1, 0.15) is 16.1 Å². The van der Waals surface area contributed by atoms with Gasteiger partial charge in [-0.2, -0.15) is 0 Å². The summed E-state index contributed by atoms with van der Waals surface area (Å²) in [4.78, 5) is 10.6. The number of carbonyl (C=O) groups is 1. The Morgan fingerprint density at radius 1 is 1.53 bits per heavy atom. The Bertz CT molecular complexity index is 577. The van der Waals surface area contributed by atoms with Gasteiger partial charge in [-0.05, 0) is 18.6 Å². The molecule has 0 aliphatic carbocycles. The largest absolute Gasteiger partial charge is 0.476 e. The standard InChI is InChI=1S/C12H13ClN4O2/c1-8-3-2-4-9(13)11(8)14-5-6-17-7-10(12(18)19)15-16-17/h2-4,7,14H,5-6H2,1H3,(H,18,19). The van der Waals surface area contributed by atoms with Crippen molar-refractivity contribution in [3.8, 4) is 0 Å². The van der Waals surface area contributed by atoms with Crippen LogP contribution in [0.25, 0.3) is 0 Å². The maximum absolute atomic E-state index is 10.6. The lowest BCUT2D eigenvalue weighted by molar-refractivity contribution is 0.0690. The normalized spacial score (nSPS) is 10.4. The first-order valence-corrected chi connectivity index (χ1v) is 6.08. The fourth-order valence-corrected chi connectivity index (χ4v) is 1.95. The third kappa shape index (κ3) is 3.23. The highest BCUT2D eigenvalue weighted by molar-refractivity contribution is 6.33. The summed E-state index contributed by atoms with van der Waals surface area (Å²) in [6.45, 7) is 3.05. The summed E-state index contributed by atoms with van der Waals surface area (Å²) in [5, 5.41) is 19.8. The van der Waals surface area contributed by atoms with Gasteiger partial charge in [0, 0.05) is 6.54 Å². The molecule has 0 spiro atoms. The zero-order valence-corrected chi connectivity index (χ0v) is 11.1. The molecule has 1 heterocycles. The van der Waals surface area contributed by atoms with Gasteiger partial charge in [0.05, 0.1) is 23.5 Å². The summed E-state index contributed by atoms with van der Waals surface area (Å²) in [6.07, 6.45) is 1.39. The van der Waals surface area contributed by atoms with Crippen molar-refractivity contribution in [2.45, 2.75) is 13.5 Å². The second-order valence-electron chi connectivity index (χ2n) is 4.03. The SMILES string of the molecule is Cc1cccc(Cl)c1NCCn1cc(C(=O)O)nn1. The highest BCUT2D eigenvalue weighted by atomic mass is 35.5. The molecule has 0 bridgehead atoms. The van der Waals surface area contributed by atoms with Gasteiger partial charge in [-0.3, -0.25) is 0 Å². The molecule has 0 unspecified atom stereocenters. The van der Waals surface area contributed by atoms with Crippen molar-refractivity contribution in [1.82, 2.24) is 15.0 Å². The molecule has 19 heavy (non-hydrogen) atoms. The minimum absolute atomic E-state index is 0.0612. The van der Waals surface area contributed by atoms with Gasteiger partial charge in [0.15, 0.2) is 5.69 Å². The average Bonchev–Trinajstić information content (AvgIpc) is 2.82. The molecular formula is C12H13ClN4O2. The average molecular weight is 281 g/mol. The molecule has 2 N–H and O–H groups in total. The predicted octanol–water partition coefficient (Wildman–Crippen LogP) is 2.05. The molecule has 0 fully saturated rings. The molecule has 2 rings (SSSR count). The minimum Gasteiger partial charge on any atom is -0.476 e. The van der Waals surface area contributed by atoms with Gasteiger partial charge in [0.1, 0.15) is 0 Å². The third-order valence-corrected chi connectivity index (χ3v) is 2.94. The van der Waals surface area contributed by atoms with Crippen molar-refractivity contribution in [2.24, 2.45) is 0 Å². The van der Waals surface area contributed by atoms with Gasteiger partial charge in [0.2, 0.25) is 0 Å². The maximum atomic E-state index is 10.6. The van der Waals surface area contributed by atoms with E-state index in [1.807, 2.05) is 25.1 Å². The topological polar surface area (TPSA) is 80.0 Å². The van der Waals surface area contributed by atoms with E-state index in [9.17, 15) is 4.79 Å². The molecule has 0 radical (unpaired) electrons. The fraction of sp³-hybridized carbons (Fsp3) is 0.250. The third-order valence-electron chi connectivity index (χ3n) is 2.62. The van der Waals surface area contributed by atoms with E-state index < -0.39 is 5.97 Å². The van der Waals surface area contributed by atoms with Crippen LogP contribution in [0.4, 0.5) is 5.69 Å². The number of hydrogen-bond acceptors (Lipinski definition) is 4. The van der Waals surface area contributed by atoms with E-state index in [4.69, 9.17) is 16.7 Å². The summed E-state index contributed by atoms with van der Waals surface area (Å²) in [7, 11) is 0. The number of nitrogens with one attached hydrogen (secondary N) is 1. The van der Waals surface area contributed by atoms with Gasteiger partial charge >= 0.3 is 5.97 Å². The number of carboxylic acid groups (broad SMARTS) is 1. The Hall–Kier alpha value is -2.08. The number of anilines is 1. The monoisotopic (exact) mass is 280 g/mol. The number of carboxylic acids is 1. The number of halogens is 1. The molecule has 6 nitrogen and oxygen atoms in total. The van der Waals surface area contributed by atoms with E-state index >= 15 is 0 Å². The van der Waals surface area contributed by atoms with Crippen LogP contribution >= 0.6 is 11.6 Å². The van der Waals surface area contributed by atoms with Crippen LogP contribution in [0, 0.1) is 6.92 Å². The van der Waals surface area contributed by atoms with E-state index in [-0.39, 0.29) is 5.69 Å². The number of aromatic carboxylic acids is 1. The van der Waals surface area contributed by atoms with E-state index in [0.717, 1.165) is 11.3 Å². The zero-order chi connectivity index (χ0) is 13.8. The van der Waals surface area contributed by atoms with E-state index in [2.05, 4.69) is 15.6 Å². The van der Waals surface area contributed by atoms with E-state index in [0.29, 0.717) is 18.1 Å². The predicted molar refractivity (Wildman–Crippen MR) is 71.7 cm³/mol. The van der Waals surface area contributed by atoms with Gasteiger partial charge in [-0.15, -0.1) is 5.10 Å². The number of hydrogen-bond donors (Lipinski definition) is 2. The molecular weight excluding hydrogens is 268 g/mol. The van der Waals surface area contributed by atoms with Gasteiger partial charge in [0.25, 0.3) is 0 Å². The van der Waals surface area contributed by atoms with E-state index in [1.54, 1.807) is 0 Å². The van der Waals surface area contributed by atoms with Crippen molar-refractivity contribution in [3.63, 3.8) is 0 Å². The lowest BCUT2D eigenvalue weighted by atomic mass is 10.2. The first-order chi connectivity index (χ1) is 9.08. The zero-order valence-electron chi connectivity index (χ0n) is 10.3. The summed E-state index contributed by atoms with van der Waals surface area (Å²) in [6, 6.07) is 5.67. The summed E-state index contributed by atoms with van der Waals surface area (Å²) in [5.41, 5.74) is 1.87. The molecule has 1 aromatic carbocycles. The molecule has 2 aromatic rings. The Labute approximate surface area is 115 Å². The lowest BCUT2D eigenvalue weighted by Crippen LogP contribution is -2.12. The van der Waals surface area contributed by atoms with Crippen molar-refractivity contribution in [3.05, 3.63) is 40.7 Å². The Morgan fingerprint density at radius 2 is 2.32 bits per heavy atom. The Balaban J connectivity index is 1.94. The molecule has 0 aliphatic heterocycles. The smallest absolute Gasteiger partial charge is 0.358 e. The van der Waals surface area contributed by atoms with E-state index in [1.165, 1.54) is 10.9 Å². The number of para-hydroxylation sites is 1. The number of rotatable bonds is 5. The Morgan fingerprint density at radius 3 is 2.95 bits per heavy atom. The molecule has 0 saturated heterocycles. The lowest BCUT2D eigenvalue weighted by Gasteiger charge is -2.10. The molecule has 0 aliphatic rings.